The number of hydrogen-bond acceptors (Lipinski definition) is 8. The zero-order valence-electron chi connectivity index (χ0n) is 18.8. The van der Waals surface area contributed by atoms with Crippen molar-refractivity contribution in [2.24, 2.45) is 0 Å². The molecule has 9 nitrogen and oxygen atoms in total. The summed E-state index contributed by atoms with van der Waals surface area (Å²) in [7, 11) is 0. The number of nitrogens with zero attached hydrogens (tertiary/aromatic N) is 3. The third-order valence-corrected chi connectivity index (χ3v) is 6.08. The lowest BCUT2D eigenvalue weighted by Crippen LogP contribution is -2.40. The predicted octanol–water partition coefficient (Wildman–Crippen LogP) is 3.78. The second-order valence-corrected chi connectivity index (χ2v) is 8.83. The summed E-state index contributed by atoms with van der Waals surface area (Å²) in [4.78, 5) is 17.0. The third kappa shape index (κ3) is 5.55. The quantitative estimate of drug-likeness (QED) is 0.497. The van der Waals surface area contributed by atoms with Crippen LogP contribution in [0.4, 0.5) is 10.1 Å². The summed E-state index contributed by atoms with van der Waals surface area (Å²) in [6.45, 7) is 1.75. The number of benzene rings is 1. The first-order chi connectivity index (χ1) is 17.0. The molecule has 0 aliphatic carbocycles. The largest absolute Gasteiger partial charge is 0.486 e. The molecular formula is C24H24ClFN4O5. The molecule has 2 aromatic heterocycles. The van der Waals surface area contributed by atoms with Gasteiger partial charge in [-0.25, -0.2) is 9.37 Å². The van der Waals surface area contributed by atoms with Crippen LogP contribution in [-0.2, 0) is 9.47 Å². The van der Waals surface area contributed by atoms with Crippen molar-refractivity contribution in [1.82, 2.24) is 14.8 Å². The Morgan fingerprint density at radius 2 is 1.94 bits per heavy atom. The highest BCUT2D eigenvalue weighted by Crippen LogP contribution is 2.26. The van der Waals surface area contributed by atoms with E-state index in [1.807, 2.05) is 12.1 Å². The van der Waals surface area contributed by atoms with Gasteiger partial charge in [0.15, 0.2) is 5.67 Å². The van der Waals surface area contributed by atoms with Gasteiger partial charge in [-0.1, -0.05) is 11.6 Å². The number of anilines is 1. The summed E-state index contributed by atoms with van der Waals surface area (Å²) < 4.78 is 37.7. The van der Waals surface area contributed by atoms with Crippen molar-refractivity contribution < 1.29 is 23.3 Å². The third-order valence-electron chi connectivity index (χ3n) is 5.71. The van der Waals surface area contributed by atoms with E-state index in [1.165, 1.54) is 12.4 Å². The monoisotopic (exact) mass is 502 g/mol. The lowest BCUT2D eigenvalue weighted by Gasteiger charge is -2.29. The van der Waals surface area contributed by atoms with Gasteiger partial charge < -0.3 is 24.3 Å². The highest BCUT2D eigenvalue weighted by molar-refractivity contribution is 6.32. The van der Waals surface area contributed by atoms with E-state index in [0.717, 1.165) is 10.4 Å². The Kier molecular flexibility index (Phi) is 6.85. The van der Waals surface area contributed by atoms with Gasteiger partial charge in [0.1, 0.15) is 22.6 Å². The average molecular weight is 503 g/mol. The molecule has 2 fully saturated rings. The van der Waals surface area contributed by atoms with E-state index in [-0.39, 0.29) is 30.0 Å². The van der Waals surface area contributed by atoms with Crippen LogP contribution in [0.3, 0.4) is 0 Å². The number of halogens is 2. The zero-order valence-corrected chi connectivity index (χ0v) is 19.5. The molecule has 0 radical (unpaired) electrons. The number of hydrogen-bond donors (Lipinski definition) is 1. The molecular weight excluding hydrogens is 479 g/mol. The molecule has 1 N–H and O–H groups in total. The Balaban J connectivity index is 1.23. The maximum atomic E-state index is 14.8. The maximum Gasteiger partial charge on any atom is 0.292 e. The van der Waals surface area contributed by atoms with Crippen LogP contribution >= 0.6 is 11.6 Å². The van der Waals surface area contributed by atoms with Crippen molar-refractivity contribution in [1.29, 1.82) is 0 Å². The fraction of sp³-hybridized carbons (Fsp3) is 0.375. The van der Waals surface area contributed by atoms with Crippen molar-refractivity contribution in [2.45, 2.75) is 24.6 Å². The van der Waals surface area contributed by atoms with Crippen LogP contribution in [0, 0.1) is 0 Å². The van der Waals surface area contributed by atoms with Gasteiger partial charge in [-0.3, -0.25) is 4.79 Å². The minimum Gasteiger partial charge on any atom is -0.486 e. The Bertz CT molecular complexity index is 1210. The molecule has 2 aliphatic rings. The zero-order chi connectivity index (χ0) is 24.3. The first kappa shape index (κ1) is 23.5. The number of aromatic nitrogens is 3. The smallest absolute Gasteiger partial charge is 0.292 e. The van der Waals surface area contributed by atoms with Crippen LogP contribution in [0.25, 0.3) is 5.69 Å². The lowest BCUT2D eigenvalue weighted by molar-refractivity contribution is -0.0796. The number of nitrogens with one attached hydrogen (secondary N) is 1. The Morgan fingerprint density at radius 3 is 2.60 bits per heavy atom. The number of pyridine rings is 1. The van der Waals surface area contributed by atoms with E-state index < -0.39 is 11.2 Å². The molecule has 1 aromatic carbocycles. The first-order valence-corrected chi connectivity index (χ1v) is 11.6. The van der Waals surface area contributed by atoms with Gasteiger partial charge in [0, 0.05) is 12.7 Å². The standard InChI is InChI=1S/C24H24ClFN4O5/c25-22-20(28-14-24(26)8-1-9-32-15-24)11-29-30(23(22)31)16-2-7-21(27-10-16)35-18-5-3-17(4-6-18)34-19-12-33-13-19/h2-7,10-11,19,28H,1,8-9,12-15H2/t24-/m0/s1. The van der Waals surface area contributed by atoms with Gasteiger partial charge in [-0.05, 0) is 43.2 Å². The molecule has 0 spiro atoms. The van der Waals surface area contributed by atoms with Gasteiger partial charge in [0.2, 0.25) is 5.88 Å². The summed E-state index contributed by atoms with van der Waals surface area (Å²) in [5, 5.41) is 6.95. The summed E-state index contributed by atoms with van der Waals surface area (Å²) >= 11 is 6.26. The summed E-state index contributed by atoms with van der Waals surface area (Å²) in [5.41, 5.74) is -1.38. The minimum absolute atomic E-state index is 0.00994. The van der Waals surface area contributed by atoms with Crippen molar-refractivity contribution in [3.63, 3.8) is 0 Å². The van der Waals surface area contributed by atoms with Crippen molar-refractivity contribution in [2.75, 3.05) is 38.3 Å². The van der Waals surface area contributed by atoms with Crippen LogP contribution in [0.15, 0.2) is 53.6 Å². The highest BCUT2D eigenvalue weighted by atomic mass is 35.5. The molecule has 1 atom stereocenters. The van der Waals surface area contributed by atoms with E-state index in [9.17, 15) is 9.18 Å². The molecule has 0 saturated carbocycles. The second-order valence-electron chi connectivity index (χ2n) is 8.46. The lowest BCUT2D eigenvalue weighted by atomic mass is 9.99. The SMILES string of the molecule is O=c1c(Cl)c(NC[C@@]2(F)CCCOC2)cnn1-c1ccc(Oc2ccc(OC3COC3)cc2)nc1. The second kappa shape index (κ2) is 10.2. The van der Waals surface area contributed by atoms with E-state index in [0.29, 0.717) is 50.0 Å². The molecule has 184 valence electrons. The predicted molar refractivity (Wildman–Crippen MR) is 127 cm³/mol. The Labute approximate surface area is 205 Å². The molecule has 11 heteroatoms. The Hall–Kier alpha value is -3.21. The van der Waals surface area contributed by atoms with E-state index >= 15 is 0 Å². The van der Waals surface area contributed by atoms with Crippen molar-refractivity contribution in [3.8, 4) is 23.1 Å². The average Bonchev–Trinajstić information content (AvgIpc) is 2.84. The van der Waals surface area contributed by atoms with Crippen molar-refractivity contribution in [3.05, 3.63) is 64.2 Å². The molecule has 5 rings (SSSR count). The summed E-state index contributed by atoms with van der Waals surface area (Å²) in [6.07, 6.45) is 3.97. The van der Waals surface area contributed by atoms with E-state index in [2.05, 4.69) is 15.4 Å². The minimum atomic E-state index is -1.50. The van der Waals surface area contributed by atoms with Gasteiger partial charge >= 0.3 is 0 Å². The van der Waals surface area contributed by atoms with Crippen LogP contribution in [0.5, 0.6) is 17.4 Å². The molecule has 3 aromatic rings. The van der Waals surface area contributed by atoms with Crippen LogP contribution in [-0.4, -0.2) is 59.5 Å². The van der Waals surface area contributed by atoms with E-state index in [4.69, 9.17) is 30.5 Å². The fourth-order valence-electron chi connectivity index (χ4n) is 3.69. The molecule has 2 saturated heterocycles. The molecule has 0 unspecified atom stereocenters. The normalized spacial score (nSPS) is 20.2. The Morgan fingerprint density at radius 1 is 1.14 bits per heavy atom. The highest BCUT2D eigenvalue weighted by Gasteiger charge is 2.32. The molecule has 0 bridgehead atoms. The van der Waals surface area contributed by atoms with Gasteiger partial charge in [-0.15, -0.1) is 0 Å². The van der Waals surface area contributed by atoms with Gasteiger partial charge in [0.05, 0.1) is 50.1 Å². The summed E-state index contributed by atoms with van der Waals surface area (Å²) in [6, 6.07) is 10.5. The topological polar surface area (TPSA) is 96.7 Å². The molecule has 4 heterocycles. The van der Waals surface area contributed by atoms with Crippen LogP contribution in [0.1, 0.15) is 12.8 Å². The summed E-state index contributed by atoms with van der Waals surface area (Å²) in [5.74, 6) is 1.67. The van der Waals surface area contributed by atoms with Crippen LogP contribution < -0.4 is 20.3 Å². The number of ether oxygens (including phenoxy) is 4. The first-order valence-electron chi connectivity index (χ1n) is 11.3. The molecule has 35 heavy (non-hydrogen) atoms. The maximum absolute atomic E-state index is 14.8. The van der Waals surface area contributed by atoms with Crippen molar-refractivity contribution >= 4 is 17.3 Å². The molecule has 2 aliphatic heterocycles. The number of alkyl halides is 1. The molecule has 0 amide bonds. The van der Waals surface area contributed by atoms with Crippen LogP contribution in [0.2, 0.25) is 5.02 Å². The van der Waals surface area contributed by atoms with E-state index in [1.54, 1.807) is 24.3 Å². The van der Waals surface area contributed by atoms with Gasteiger partial charge in [0.25, 0.3) is 5.56 Å². The van der Waals surface area contributed by atoms with Gasteiger partial charge in [-0.2, -0.15) is 9.78 Å². The number of rotatable bonds is 8. The fourth-order valence-corrected chi connectivity index (χ4v) is 3.89.